The summed E-state index contributed by atoms with van der Waals surface area (Å²) in [4.78, 5) is 0. The van der Waals surface area contributed by atoms with E-state index >= 15 is 0 Å². The molecule has 0 amide bonds. The fourth-order valence-corrected chi connectivity index (χ4v) is 4.26. The summed E-state index contributed by atoms with van der Waals surface area (Å²) in [6, 6.07) is 19.1. The molecule has 1 aliphatic rings. The van der Waals surface area contributed by atoms with Gasteiger partial charge in [-0.2, -0.15) is 0 Å². The molecule has 0 bridgehead atoms. The molecule has 0 aromatic heterocycles. The summed E-state index contributed by atoms with van der Waals surface area (Å²) in [5.41, 5.74) is 0.998. The van der Waals surface area contributed by atoms with Crippen LogP contribution in [0.2, 0.25) is 0 Å². The molecule has 120 valence electrons. The van der Waals surface area contributed by atoms with Crippen LogP contribution in [0.15, 0.2) is 66.5 Å². The van der Waals surface area contributed by atoms with E-state index in [2.05, 4.69) is 0 Å². The molecule has 5 heteroatoms. The highest BCUT2D eigenvalue weighted by Gasteiger charge is 2.31. The zero-order valence-electron chi connectivity index (χ0n) is 12.9. The number of para-hydroxylation sites is 1. The highest BCUT2D eigenvalue weighted by atomic mass is 31.2. The Balaban J connectivity index is 1.86. The minimum absolute atomic E-state index is 0.571. The van der Waals surface area contributed by atoms with E-state index in [9.17, 15) is 4.57 Å². The molecule has 1 heterocycles. The second-order valence-electron chi connectivity index (χ2n) is 5.26. The van der Waals surface area contributed by atoms with Gasteiger partial charge in [0.05, 0.1) is 13.2 Å². The normalized spacial score (nSPS) is 18.6. The van der Waals surface area contributed by atoms with Gasteiger partial charge in [0.25, 0.3) is 0 Å². The molecule has 0 saturated carbocycles. The molecule has 1 aliphatic heterocycles. The molecular formula is C18H20NO3P. The van der Waals surface area contributed by atoms with Crippen molar-refractivity contribution >= 4 is 13.6 Å². The van der Waals surface area contributed by atoms with Crippen molar-refractivity contribution in [3.05, 3.63) is 72.0 Å². The van der Waals surface area contributed by atoms with Crippen LogP contribution in [0.1, 0.15) is 5.56 Å². The summed E-state index contributed by atoms with van der Waals surface area (Å²) in [5.74, 6) is 2.31. The Morgan fingerprint density at radius 2 is 1.57 bits per heavy atom. The van der Waals surface area contributed by atoms with E-state index in [4.69, 9.17) is 9.26 Å². The van der Waals surface area contributed by atoms with Crippen LogP contribution in [0.4, 0.5) is 0 Å². The maximum absolute atomic E-state index is 13.5. The summed E-state index contributed by atoms with van der Waals surface area (Å²) >= 11 is 0. The van der Waals surface area contributed by atoms with Gasteiger partial charge in [0.1, 0.15) is 5.75 Å². The molecule has 0 radical (unpaired) electrons. The molecule has 0 aliphatic carbocycles. The van der Waals surface area contributed by atoms with Crippen LogP contribution < -0.4 is 4.52 Å². The number of morpholine rings is 1. The van der Waals surface area contributed by atoms with Gasteiger partial charge in [-0.3, -0.25) is 4.57 Å². The molecule has 0 N–H and O–H groups in total. The Labute approximate surface area is 136 Å². The molecule has 3 rings (SSSR count). The van der Waals surface area contributed by atoms with E-state index in [-0.39, 0.29) is 0 Å². The third kappa shape index (κ3) is 4.32. The lowest BCUT2D eigenvalue weighted by atomic mass is 10.2. The highest BCUT2D eigenvalue weighted by Crippen LogP contribution is 2.52. The SMILES string of the molecule is O=P(/C=C/c1ccccc1)(Oc1ccccc1)N1CCOCC1. The lowest BCUT2D eigenvalue weighted by Gasteiger charge is -2.32. The van der Waals surface area contributed by atoms with Gasteiger partial charge >= 0.3 is 7.52 Å². The van der Waals surface area contributed by atoms with Gasteiger partial charge in [-0.25, -0.2) is 4.67 Å². The Morgan fingerprint density at radius 3 is 2.22 bits per heavy atom. The van der Waals surface area contributed by atoms with Crippen molar-refractivity contribution in [2.45, 2.75) is 0 Å². The number of hydrogen-bond acceptors (Lipinski definition) is 3. The second-order valence-corrected chi connectivity index (χ2v) is 7.44. The zero-order valence-corrected chi connectivity index (χ0v) is 13.8. The Morgan fingerprint density at radius 1 is 0.957 bits per heavy atom. The quantitative estimate of drug-likeness (QED) is 0.768. The number of rotatable bonds is 5. The molecular weight excluding hydrogens is 309 g/mol. The fraction of sp³-hybridized carbons (Fsp3) is 0.222. The maximum Gasteiger partial charge on any atom is 0.342 e. The van der Waals surface area contributed by atoms with Crippen LogP contribution in [-0.2, 0) is 9.30 Å². The molecule has 1 fully saturated rings. The van der Waals surface area contributed by atoms with Crippen molar-refractivity contribution in [3.63, 3.8) is 0 Å². The first-order valence-corrected chi connectivity index (χ1v) is 9.33. The molecule has 2 aromatic rings. The Bertz CT molecular complexity index is 682. The van der Waals surface area contributed by atoms with Gasteiger partial charge in [-0.1, -0.05) is 48.5 Å². The summed E-state index contributed by atoms with van der Waals surface area (Å²) in [7, 11) is -3.11. The van der Waals surface area contributed by atoms with Crippen LogP contribution in [0.3, 0.4) is 0 Å². The Hall–Kier alpha value is -1.87. The van der Waals surface area contributed by atoms with Gasteiger partial charge in [0, 0.05) is 18.9 Å². The molecule has 1 saturated heterocycles. The molecule has 0 spiro atoms. The number of ether oxygens (including phenoxy) is 1. The van der Waals surface area contributed by atoms with E-state index in [1.807, 2.05) is 71.4 Å². The molecule has 1 atom stereocenters. The van der Waals surface area contributed by atoms with Gasteiger partial charge in [-0.15, -0.1) is 0 Å². The second kappa shape index (κ2) is 7.60. The first-order chi connectivity index (χ1) is 11.3. The summed E-state index contributed by atoms with van der Waals surface area (Å²) in [6.07, 6.45) is 1.86. The van der Waals surface area contributed by atoms with Crippen LogP contribution in [0, 0.1) is 0 Å². The van der Waals surface area contributed by atoms with Gasteiger partial charge in [0.2, 0.25) is 0 Å². The van der Waals surface area contributed by atoms with Crippen molar-refractivity contribution < 1.29 is 13.8 Å². The molecule has 23 heavy (non-hydrogen) atoms. The minimum atomic E-state index is -3.11. The smallest absolute Gasteiger partial charge is 0.342 e. The van der Waals surface area contributed by atoms with Crippen molar-refractivity contribution in [1.82, 2.24) is 4.67 Å². The molecule has 2 aromatic carbocycles. The van der Waals surface area contributed by atoms with Crippen LogP contribution in [0.25, 0.3) is 6.08 Å². The van der Waals surface area contributed by atoms with Crippen molar-refractivity contribution in [2.24, 2.45) is 0 Å². The predicted octanol–water partition coefficient (Wildman–Crippen LogP) is 4.26. The van der Waals surface area contributed by atoms with Gasteiger partial charge in [0.15, 0.2) is 0 Å². The lowest BCUT2D eigenvalue weighted by molar-refractivity contribution is 0.0691. The third-order valence-electron chi connectivity index (χ3n) is 3.62. The van der Waals surface area contributed by atoms with Crippen molar-refractivity contribution in [2.75, 3.05) is 26.3 Å². The lowest BCUT2D eigenvalue weighted by Crippen LogP contribution is -2.34. The van der Waals surface area contributed by atoms with Crippen molar-refractivity contribution in [3.8, 4) is 5.75 Å². The van der Waals surface area contributed by atoms with Gasteiger partial charge < -0.3 is 9.26 Å². The first kappa shape index (κ1) is 16.0. The monoisotopic (exact) mass is 329 g/mol. The predicted molar refractivity (Wildman–Crippen MR) is 92.5 cm³/mol. The van der Waals surface area contributed by atoms with E-state index in [0.717, 1.165) is 5.56 Å². The summed E-state index contributed by atoms with van der Waals surface area (Å²) < 4.78 is 26.6. The Kier molecular flexibility index (Phi) is 5.29. The van der Waals surface area contributed by atoms with Crippen molar-refractivity contribution in [1.29, 1.82) is 0 Å². The third-order valence-corrected chi connectivity index (χ3v) is 5.80. The van der Waals surface area contributed by atoms with E-state index in [1.165, 1.54) is 0 Å². The number of benzene rings is 2. The summed E-state index contributed by atoms with van der Waals surface area (Å²) in [6.45, 7) is 2.34. The van der Waals surface area contributed by atoms with Crippen LogP contribution >= 0.6 is 7.52 Å². The zero-order chi connectivity index (χ0) is 16.0. The highest BCUT2D eigenvalue weighted by molar-refractivity contribution is 7.60. The minimum Gasteiger partial charge on any atom is -0.430 e. The summed E-state index contributed by atoms with van der Waals surface area (Å²) in [5, 5.41) is 0. The van der Waals surface area contributed by atoms with Gasteiger partial charge in [-0.05, 0) is 23.8 Å². The topological polar surface area (TPSA) is 38.8 Å². The average Bonchev–Trinajstić information content (AvgIpc) is 2.63. The molecule has 1 unspecified atom stereocenters. The molecule has 4 nitrogen and oxygen atoms in total. The number of nitrogens with zero attached hydrogens (tertiary/aromatic N) is 1. The van der Waals surface area contributed by atoms with E-state index in [0.29, 0.717) is 32.1 Å². The van der Waals surface area contributed by atoms with Crippen LogP contribution in [0.5, 0.6) is 5.75 Å². The van der Waals surface area contributed by atoms with E-state index in [1.54, 1.807) is 5.82 Å². The fourth-order valence-electron chi connectivity index (χ4n) is 2.39. The number of hydrogen-bond donors (Lipinski definition) is 0. The average molecular weight is 329 g/mol. The largest absolute Gasteiger partial charge is 0.430 e. The standard InChI is InChI=1S/C18H20NO3P/c20-23(19-12-14-21-15-13-19,22-18-9-5-2-6-10-18)16-11-17-7-3-1-4-8-17/h1-11,16H,12-15H2/b16-11+. The first-order valence-electron chi connectivity index (χ1n) is 7.68. The maximum atomic E-state index is 13.5. The van der Waals surface area contributed by atoms with E-state index < -0.39 is 7.52 Å². The van der Waals surface area contributed by atoms with Crippen LogP contribution in [-0.4, -0.2) is 31.0 Å².